The minimum atomic E-state index is -0.641. The molecule has 24 heavy (non-hydrogen) atoms. The van der Waals surface area contributed by atoms with Crippen molar-refractivity contribution in [2.75, 3.05) is 7.11 Å². The molecule has 3 heterocycles. The zero-order valence-electron chi connectivity index (χ0n) is 14.5. The molecule has 0 N–H and O–H groups in total. The quantitative estimate of drug-likeness (QED) is 0.750. The standard InChI is InChI=1S/C20H28O4/c1-21-18-20-14-6-5-11-17(20)12-15-19(22-18,23-24-20)13-7-10-16-8-3-2-4-9-16/h2-4,8-9,17-18H,5-7,10-15H2,1H3/t17-,18+,19-,20+/m1/s1. The Bertz CT molecular complexity index is 544. The summed E-state index contributed by atoms with van der Waals surface area (Å²) in [5.74, 6) is -0.160. The summed E-state index contributed by atoms with van der Waals surface area (Å²) in [7, 11) is 1.73. The van der Waals surface area contributed by atoms with E-state index in [0.717, 1.165) is 44.9 Å². The van der Waals surface area contributed by atoms with Gasteiger partial charge in [-0.3, -0.25) is 0 Å². The maximum atomic E-state index is 6.38. The van der Waals surface area contributed by atoms with Gasteiger partial charge < -0.3 is 9.47 Å². The molecule has 1 spiro atoms. The van der Waals surface area contributed by atoms with Crippen LogP contribution in [0.1, 0.15) is 56.9 Å². The number of aryl methyl sites for hydroxylation is 1. The van der Waals surface area contributed by atoms with E-state index < -0.39 is 11.4 Å². The summed E-state index contributed by atoms with van der Waals surface area (Å²) < 4.78 is 12.1. The van der Waals surface area contributed by atoms with Gasteiger partial charge in [-0.1, -0.05) is 43.2 Å². The molecule has 4 heteroatoms. The Kier molecular flexibility index (Phi) is 4.65. The van der Waals surface area contributed by atoms with Crippen molar-refractivity contribution in [3.8, 4) is 0 Å². The van der Waals surface area contributed by atoms with Crippen LogP contribution in [-0.2, 0) is 25.7 Å². The first-order valence-electron chi connectivity index (χ1n) is 9.38. The molecule has 132 valence electrons. The molecule has 4 atom stereocenters. The lowest BCUT2D eigenvalue weighted by molar-refractivity contribution is -0.552. The summed E-state index contributed by atoms with van der Waals surface area (Å²) in [6, 6.07) is 10.6. The first-order valence-corrected chi connectivity index (χ1v) is 9.38. The summed E-state index contributed by atoms with van der Waals surface area (Å²) >= 11 is 0. The molecule has 1 aromatic carbocycles. The molecule has 3 aliphatic heterocycles. The van der Waals surface area contributed by atoms with Crippen LogP contribution in [0.2, 0.25) is 0 Å². The molecule has 0 amide bonds. The van der Waals surface area contributed by atoms with Gasteiger partial charge in [0.1, 0.15) is 0 Å². The highest BCUT2D eigenvalue weighted by molar-refractivity contribution is 5.14. The minimum Gasteiger partial charge on any atom is -0.353 e. The van der Waals surface area contributed by atoms with E-state index >= 15 is 0 Å². The summed E-state index contributed by atoms with van der Waals surface area (Å²) in [6.07, 6.45) is 9.16. The number of hydrogen-bond acceptors (Lipinski definition) is 4. The number of hydrogen-bond donors (Lipinski definition) is 0. The van der Waals surface area contributed by atoms with Crippen LogP contribution in [0.5, 0.6) is 0 Å². The molecule has 1 aliphatic carbocycles. The average molecular weight is 332 g/mol. The van der Waals surface area contributed by atoms with Gasteiger partial charge in [0.2, 0.25) is 5.79 Å². The fourth-order valence-corrected chi connectivity index (χ4v) is 4.73. The number of benzene rings is 1. The largest absolute Gasteiger partial charge is 0.353 e. The summed E-state index contributed by atoms with van der Waals surface area (Å²) in [5, 5.41) is 0. The molecule has 1 saturated carbocycles. The molecule has 4 aliphatic rings. The van der Waals surface area contributed by atoms with Crippen LogP contribution in [0.15, 0.2) is 30.3 Å². The molecule has 3 saturated heterocycles. The van der Waals surface area contributed by atoms with E-state index in [0.29, 0.717) is 5.92 Å². The Morgan fingerprint density at radius 2 is 1.96 bits per heavy atom. The van der Waals surface area contributed by atoms with Gasteiger partial charge in [-0.2, -0.15) is 0 Å². The van der Waals surface area contributed by atoms with Gasteiger partial charge in [-0.05, 0) is 43.6 Å². The molecule has 2 bridgehead atoms. The lowest BCUT2D eigenvalue weighted by atomic mass is 9.73. The fraction of sp³-hybridized carbons (Fsp3) is 0.700. The zero-order valence-corrected chi connectivity index (χ0v) is 14.5. The van der Waals surface area contributed by atoms with Crippen molar-refractivity contribution in [3.63, 3.8) is 0 Å². The van der Waals surface area contributed by atoms with Gasteiger partial charge >= 0.3 is 0 Å². The number of rotatable bonds is 5. The minimum absolute atomic E-state index is 0.309. The Morgan fingerprint density at radius 1 is 1.08 bits per heavy atom. The van der Waals surface area contributed by atoms with Crippen molar-refractivity contribution in [3.05, 3.63) is 35.9 Å². The van der Waals surface area contributed by atoms with E-state index in [4.69, 9.17) is 19.2 Å². The van der Waals surface area contributed by atoms with Crippen LogP contribution >= 0.6 is 0 Å². The van der Waals surface area contributed by atoms with Crippen molar-refractivity contribution in [1.29, 1.82) is 0 Å². The molecule has 4 nitrogen and oxygen atoms in total. The highest BCUT2D eigenvalue weighted by Crippen LogP contribution is 2.53. The molecular formula is C20H28O4. The van der Waals surface area contributed by atoms with E-state index in [-0.39, 0.29) is 6.29 Å². The fourth-order valence-electron chi connectivity index (χ4n) is 4.73. The summed E-state index contributed by atoms with van der Waals surface area (Å²) in [4.78, 5) is 12.0. The first kappa shape index (κ1) is 16.5. The molecular weight excluding hydrogens is 304 g/mol. The second kappa shape index (κ2) is 6.75. The maximum Gasteiger partial charge on any atom is 0.204 e. The highest BCUT2D eigenvalue weighted by Gasteiger charge is 2.60. The summed E-state index contributed by atoms with van der Waals surface area (Å²) in [5.41, 5.74) is 0.958. The predicted molar refractivity (Wildman–Crippen MR) is 90.1 cm³/mol. The second-order valence-corrected chi connectivity index (χ2v) is 7.54. The van der Waals surface area contributed by atoms with Gasteiger partial charge in [0, 0.05) is 20.0 Å². The van der Waals surface area contributed by atoms with Crippen molar-refractivity contribution in [2.45, 2.75) is 75.5 Å². The van der Waals surface area contributed by atoms with Crippen LogP contribution in [0.3, 0.4) is 0 Å². The molecule has 5 rings (SSSR count). The third kappa shape index (κ3) is 2.90. The van der Waals surface area contributed by atoms with E-state index in [1.807, 2.05) is 0 Å². The average Bonchev–Trinajstić information content (AvgIpc) is 2.88. The summed E-state index contributed by atoms with van der Waals surface area (Å²) in [6.45, 7) is 0. The van der Waals surface area contributed by atoms with E-state index in [9.17, 15) is 0 Å². The van der Waals surface area contributed by atoms with Crippen molar-refractivity contribution in [1.82, 2.24) is 0 Å². The van der Waals surface area contributed by atoms with Crippen molar-refractivity contribution < 1.29 is 19.2 Å². The topological polar surface area (TPSA) is 36.9 Å². The molecule has 0 radical (unpaired) electrons. The maximum absolute atomic E-state index is 6.38. The lowest BCUT2D eigenvalue weighted by Crippen LogP contribution is -2.60. The lowest BCUT2D eigenvalue weighted by Gasteiger charge is -2.49. The third-order valence-electron chi connectivity index (χ3n) is 6.08. The van der Waals surface area contributed by atoms with Crippen LogP contribution in [0.25, 0.3) is 0 Å². The molecule has 1 aromatic rings. The molecule has 0 unspecified atom stereocenters. The van der Waals surface area contributed by atoms with Gasteiger partial charge in [0.15, 0.2) is 11.9 Å². The normalized spacial score (nSPS) is 38.5. The first-order chi connectivity index (χ1) is 11.8. The second-order valence-electron chi connectivity index (χ2n) is 7.54. The van der Waals surface area contributed by atoms with Gasteiger partial charge in [-0.25, -0.2) is 9.78 Å². The van der Waals surface area contributed by atoms with Gasteiger partial charge in [0.25, 0.3) is 0 Å². The van der Waals surface area contributed by atoms with Gasteiger partial charge in [0.05, 0.1) is 0 Å². The molecule has 4 fully saturated rings. The smallest absolute Gasteiger partial charge is 0.204 e. The van der Waals surface area contributed by atoms with E-state index in [1.54, 1.807) is 7.11 Å². The SMILES string of the molecule is CO[C@H]1O[C@@]2(CCCc3ccccc3)CC[C@H]3CCCC[C@]31OO2. The van der Waals surface area contributed by atoms with Gasteiger partial charge in [-0.15, -0.1) is 0 Å². The number of fused-ring (bicyclic) bond motifs is 3. The zero-order chi connectivity index (χ0) is 16.5. The van der Waals surface area contributed by atoms with Crippen molar-refractivity contribution in [2.24, 2.45) is 5.92 Å². The van der Waals surface area contributed by atoms with Crippen LogP contribution < -0.4 is 0 Å². The highest BCUT2D eigenvalue weighted by atomic mass is 17.3. The Morgan fingerprint density at radius 3 is 2.79 bits per heavy atom. The third-order valence-corrected chi connectivity index (χ3v) is 6.08. The van der Waals surface area contributed by atoms with Crippen LogP contribution in [0.4, 0.5) is 0 Å². The number of ether oxygens (including phenoxy) is 2. The van der Waals surface area contributed by atoms with Crippen LogP contribution in [-0.4, -0.2) is 24.8 Å². The van der Waals surface area contributed by atoms with Crippen molar-refractivity contribution >= 4 is 0 Å². The Hall–Kier alpha value is -0.940. The van der Waals surface area contributed by atoms with E-state index in [1.165, 1.54) is 18.4 Å². The Labute approximate surface area is 144 Å². The van der Waals surface area contributed by atoms with Crippen LogP contribution in [0, 0.1) is 5.92 Å². The molecule has 0 aromatic heterocycles. The number of methoxy groups -OCH3 is 1. The predicted octanol–water partition coefficient (Wildman–Crippen LogP) is 4.38. The van der Waals surface area contributed by atoms with E-state index in [2.05, 4.69) is 30.3 Å². The monoisotopic (exact) mass is 332 g/mol. The Balaban J connectivity index is 1.45.